The van der Waals surface area contributed by atoms with Crippen LogP contribution in [0.1, 0.15) is 47.7 Å². The fourth-order valence-corrected chi connectivity index (χ4v) is 2.64. The highest BCUT2D eigenvalue weighted by Gasteiger charge is 2.20. The molecule has 0 fully saturated rings. The van der Waals surface area contributed by atoms with Crippen molar-refractivity contribution >= 4 is 11.6 Å². The van der Waals surface area contributed by atoms with Gasteiger partial charge >= 0.3 is 11.6 Å². The zero-order valence-electron chi connectivity index (χ0n) is 13.8. The van der Waals surface area contributed by atoms with Gasteiger partial charge in [0.05, 0.1) is 25.0 Å². The lowest BCUT2D eigenvalue weighted by atomic mass is 9.92. The Morgan fingerprint density at radius 2 is 1.05 bits per heavy atom. The Balaban J connectivity index is 2.64. The van der Waals surface area contributed by atoms with Crippen molar-refractivity contribution in [1.82, 2.24) is 0 Å². The molecule has 0 spiro atoms. The molecule has 0 aliphatic rings. The summed E-state index contributed by atoms with van der Waals surface area (Å²) in [6, 6.07) is 16.7. The van der Waals surface area contributed by atoms with E-state index in [-0.39, 0.29) is 0 Å². The van der Waals surface area contributed by atoms with Crippen LogP contribution >= 0.6 is 0 Å². The van der Waals surface area contributed by atoms with Crippen LogP contribution in [0.5, 0.6) is 0 Å². The zero-order valence-corrected chi connectivity index (χ0v) is 13.8. The molecule has 0 aliphatic carbocycles. The minimum Gasteiger partial charge on any atom is -0.259 e. The van der Waals surface area contributed by atoms with Crippen LogP contribution in [-0.4, -0.2) is 24.8 Å². The molecule has 22 heavy (non-hydrogen) atoms. The Hall–Kier alpha value is -2.22. The number of ketones is 2. The summed E-state index contributed by atoms with van der Waals surface area (Å²) >= 11 is 0. The highest BCUT2D eigenvalue weighted by atomic mass is 16.4. The first-order chi connectivity index (χ1) is 10.7. The maximum absolute atomic E-state index is 5.72. The van der Waals surface area contributed by atoms with E-state index < -0.39 is 0 Å². The third-order valence-corrected chi connectivity index (χ3v) is 3.62. The number of hydrogen-bond acceptors (Lipinski definition) is 0. The van der Waals surface area contributed by atoms with Crippen molar-refractivity contribution in [3.63, 3.8) is 0 Å². The average molecular weight is 296 g/mol. The molecule has 2 aromatic rings. The molecule has 0 N–H and O–H groups in total. The van der Waals surface area contributed by atoms with Gasteiger partial charge in [0, 0.05) is 13.8 Å². The molecule has 0 aliphatic heterocycles. The monoisotopic (exact) mass is 296 g/mol. The molecule has 0 aromatic heterocycles. The molecule has 0 saturated heterocycles. The predicted octanol–water partition coefficient (Wildman–Crippen LogP) is 4.87. The summed E-state index contributed by atoms with van der Waals surface area (Å²) in [4.78, 5) is 0. The molecular weight excluding hydrogens is 272 g/mol. The van der Waals surface area contributed by atoms with E-state index in [1.807, 2.05) is 39.8 Å². The number of benzene rings is 2. The largest absolute Gasteiger partial charge is 0.324 e. The van der Waals surface area contributed by atoms with Gasteiger partial charge in [-0.25, -0.2) is 0 Å². The summed E-state index contributed by atoms with van der Waals surface area (Å²) < 4.78 is 11.4. The highest BCUT2D eigenvalue weighted by Crippen LogP contribution is 2.28. The van der Waals surface area contributed by atoms with Crippen LogP contribution in [0.25, 0.3) is 11.1 Å². The lowest BCUT2D eigenvalue weighted by Crippen LogP contribution is -2.03. The molecule has 2 nitrogen and oxygen atoms in total. The smallest absolute Gasteiger partial charge is 0.259 e. The summed E-state index contributed by atoms with van der Waals surface area (Å²) in [6.07, 6.45) is 0. The number of hydrogen-bond donors (Lipinski definition) is 0. The van der Waals surface area contributed by atoms with Crippen molar-refractivity contribution < 1.29 is 8.85 Å². The van der Waals surface area contributed by atoms with Crippen LogP contribution in [0.4, 0.5) is 0 Å². The summed E-state index contributed by atoms with van der Waals surface area (Å²) in [6.45, 7) is 9.39. The number of carbonyl (C=O) groups excluding carboxylic acids is 2. The Bertz CT molecular complexity index is 635. The van der Waals surface area contributed by atoms with E-state index in [4.69, 9.17) is 8.85 Å². The second-order valence-electron chi connectivity index (χ2n) is 5.07. The van der Waals surface area contributed by atoms with E-state index in [0.29, 0.717) is 13.2 Å². The summed E-state index contributed by atoms with van der Waals surface area (Å²) in [5, 5.41) is 0. The fourth-order valence-electron chi connectivity index (χ4n) is 2.64. The van der Waals surface area contributed by atoms with E-state index in [1.165, 1.54) is 11.1 Å². The van der Waals surface area contributed by atoms with E-state index in [2.05, 4.69) is 36.4 Å². The summed E-state index contributed by atoms with van der Waals surface area (Å²) in [5.41, 5.74) is 4.59. The lowest BCUT2D eigenvalue weighted by molar-refractivity contribution is -0.264. The number of rotatable bonds is 5. The first kappa shape index (κ1) is 16.2. The van der Waals surface area contributed by atoms with E-state index in [0.717, 1.165) is 22.7 Å². The van der Waals surface area contributed by atoms with Gasteiger partial charge < -0.3 is 0 Å². The topological polar surface area (TPSA) is 22.6 Å². The normalized spacial score (nSPS) is 12.5. The van der Waals surface area contributed by atoms with Gasteiger partial charge in [-0.2, -0.15) is 0 Å². The van der Waals surface area contributed by atoms with Gasteiger partial charge in [0.2, 0.25) is 0 Å². The second kappa shape index (κ2) is 7.69. The zero-order chi connectivity index (χ0) is 15.9. The molecular formula is C20H24O2+2. The maximum atomic E-state index is 5.72. The molecule has 2 rings (SSSR count). The minimum absolute atomic E-state index is 0.673. The summed E-state index contributed by atoms with van der Waals surface area (Å²) in [5.74, 6) is 1.89. The molecule has 0 saturated carbocycles. The van der Waals surface area contributed by atoms with Crippen molar-refractivity contribution in [3.05, 3.63) is 59.7 Å². The van der Waals surface area contributed by atoms with Crippen LogP contribution in [-0.2, 0) is 0 Å². The van der Waals surface area contributed by atoms with Gasteiger partial charge in [-0.3, -0.25) is 8.85 Å². The fraction of sp³-hybridized carbons (Fsp3) is 0.300. The predicted molar refractivity (Wildman–Crippen MR) is 93.0 cm³/mol. The standard InChI is InChI=1S/C20H24O2/c1-5-21-15(3)17-11-7-9-13-19(17)20-14-10-8-12-18(20)16(4)22-6-2/h7-14H,5-6H2,1-4H3/q+2. The second-order valence-corrected chi connectivity index (χ2v) is 5.07. The van der Waals surface area contributed by atoms with Crippen molar-refractivity contribution in [2.45, 2.75) is 27.7 Å². The first-order valence-corrected chi connectivity index (χ1v) is 7.80. The van der Waals surface area contributed by atoms with Crippen LogP contribution in [0.2, 0.25) is 0 Å². The quantitative estimate of drug-likeness (QED) is 0.555. The van der Waals surface area contributed by atoms with Crippen molar-refractivity contribution in [1.29, 1.82) is 0 Å². The van der Waals surface area contributed by atoms with Crippen molar-refractivity contribution in [2.75, 3.05) is 13.2 Å². The molecule has 2 heteroatoms. The van der Waals surface area contributed by atoms with E-state index >= 15 is 0 Å². The molecule has 0 atom stereocenters. The van der Waals surface area contributed by atoms with E-state index in [1.54, 1.807) is 0 Å². The molecule has 0 heterocycles. The molecule has 0 unspecified atom stereocenters. The highest BCUT2D eigenvalue weighted by molar-refractivity contribution is 6.06. The van der Waals surface area contributed by atoms with Crippen molar-refractivity contribution in [3.8, 4) is 11.1 Å². The Morgan fingerprint density at radius 1 is 0.682 bits per heavy atom. The van der Waals surface area contributed by atoms with Gasteiger partial charge in [0.15, 0.2) is 0 Å². The van der Waals surface area contributed by atoms with Crippen LogP contribution in [0, 0.1) is 0 Å². The van der Waals surface area contributed by atoms with Crippen LogP contribution < -0.4 is 0 Å². The average Bonchev–Trinajstić information content (AvgIpc) is 2.55. The molecule has 0 radical (unpaired) electrons. The molecule has 0 bridgehead atoms. The van der Waals surface area contributed by atoms with Crippen LogP contribution in [0.15, 0.2) is 48.5 Å². The Kier molecular flexibility index (Phi) is 5.65. The Morgan fingerprint density at radius 3 is 1.41 bits per heavy atom. The molecule has 0 amide bonds. The van der Waals surface area contributed by atoms with Gasteiger partial charge in [0.25, 0.3) is 13.2 Å². The lowest BCUT2D eigenvalue weighted by Gasteiger charge is -2.08. The van der Waals surface area contributed by atoms with Crippen LogP contribution in [0.3, 0.4) is 0 Å². The Labute approximate surface area is 132 Å². The van der Waals surface area contributed by atoms with E-state index in [9.17, 15) is 0 Å². The first-order valence-electron chi connectivity index (χ1n) is 7.80. The van der Waals surface area contributed by atoms with Gasteiger partial charge in [-0.05, 0) is 23.3 Å². The third kappa shape index (κ3) is 3.51. The molecule has 114 valence electrons. The molecule has 2 aromatic carbocycles. The van der Waals surface area contributed by atoms with Gasteiger partial charge in [-0.15, -0.1) is 0 Å². The van der Waals surface area contributed by atoms with Gasteiger partial charge in [0.1, 0.15) is 0 Å². The SMILES string of the molecule is CC[O+]=C(C)c1ccccc1-c1ccccc1C(C)=[O+]CC. The third-order valence-electron chi connectivity index (χ3n) is 3.62. The summed E-state index contributed by atoms with van der Waals surface area (Å²) in [7, 11) is 0. The maximum Gasteiger partial charge on any atom is 0.324 e. The van der Waals surface area contributed by atoms with Gasteiger partial charge in [-0.1, -0.05) is 36.4 Å². The minimum atomic E-state index is 0.673. The van der Waals surface area contributed by atoms with Crippen molar-refractivity contribution in [2.24, 2.45) is 0 Å².